The standard InChI is InChI=1S/C29H41N3O11/c1-3-7-27(39)32(18-34)13-6-4-5-8-25(37)30-12-11-26(38)31-21-14-20(17-41-19(2)35)9-10-23(21)42-28-15-22(36)29(40)24(16-33)43-28/h3,7,9-10,14,18,22,24,28-29,33,36,40H,4-6,8,11-13,15-17H2,1-2H3,(H,30,37)(H,31,38)/b7-3-. The SMILES string of the molecule is C/C=C\C(=O)N(C=O)CCCCCC(=O)NCCC(=O)Nc1cc(COC(C)=O)ccc1OC1CC(O)C(O)C(CO)O1. The molecule has 1 aliphatic rings. The number of hydrogen-bond acceptors (Lipinski definition) is 11. The maximum atomic E-state index is 12.7. The van der Waals surface area contributed by atoms with Crippen LogP contribution in [0.4, 0.5) is 5.69 Å². The fourth-order valence-electron chi connectivity index (χ4n) is 4.15. The molecule has 1 saturated heterocycles. The summed E-state index contributed by atoms with van der Waals surface area (Å²) in [6.45, 7) is 2.69. The second-order valence-corrected chi connectivity index (χ2v) is 9.90. The van der Waals surface area contributed by atoms with Crippen molar-refractivity contribution < 1.29 is 53.5 Å². The van der Waals surface area contributed by atoms with Crippen LogP contribution in [0.2, 0.25) is 0 Å². The summed E-state index contributed by atoms with van der Waals surface area (Å²) in [6, 6.07) is 4.68. The Labute approximate surface area is 250 Å². The van der Waals surface area contributed by atoms with Gasteiger partial charge in [-0.15, -0.1) is 0 Å². The van der Waals surface area contributed by atoms with E-state index in [1.54, 1.807) is 25.1 Å². The number of rotatable bonds is 17. The van der Waals surface area contributed by atoms with Crippen molar-refractivity contribution in [1.29, 1.82) is 0 Å². The number of benzene rings is 1. The third-order valence-corrected chi connectivity index (χ3v) is 6.43. The van der Waals surface area contributed by atoms with Crippen molar-refractivity contribution in [2.24, 2.45) is 0 Å². The number of amides is 4. The first-order chi connectivity index (χ1) is 20.6. The lowest BCUT2D eigenvalue weighted by molar-refractivity contribution is -0.229. The number of allylic oxidation sites excluding steroid dienone is 1. The van der Waals surface area contributed by atoms with Gasteiger partial charge in [0.15, 0.2) is 0 Å². The van der Waals surface area contributed by atoms with E-state index >= 15 is 0 Å². The number of esters is 1. The highest BCUT2D eigenvalue weighted by molar-refractivity contribution is 5.94. The summed E-state index contributed by atoms with van der Waals surface area (Å²) in [5.74, 6) is -1.38. The molecular formula is C29H41N3O11. The maximum absolute atomic E-state index is 12.7. The van der Waals surface area contributed by atoms with E-state index in [0.717, 1.165) is 4.90 Å². The first-order valence-corrected chi connectivity index (χ1v) is 14.1. The Morgan fingerprint density at radius 3 is 2.56 bits per heavy atom. The van der Waals surface area contributed by atoms with Crippen LogP contribution < -0.4 is 15.4 Å². The van der Waals surface area contributed by atoms with Crippen LogP contribution in [-0.2, 0) is 40.1 Å². The van der Waals surface area contributed by atoms with Gasteiger partial charge in [-0.25, -0.2) is 0 Å². The van der Waals surface area contributed by atoms with Gasteiger partial charge < -0.3 is 40.2 Å². The fourth-order valence-corrected chi connectivity index (χ4v) is 4.15. The zero-order valence-electron chi connectivity index (χ0n) is 24.4. The molecule has 14 nitrogen and oxygen atoms in total. The number of hydrogen-bond donors (Lipinski definition) is 5. The average molecular weight is 608 g/mol. The lowest BCUT2D eigenvalue weighted by Crippen LogP contribution is -2.51. The number of nitrogens with zero attached hydrogens (tertiary/aromatic N) is 1. The Morgan fingerprint density at radius 2 is 1.88 bits per heavy atom. The molecule has 1 heterocycles. The van der Waals surface area contributed by atoms with E-state index in [4.69, 9.17) is 14.2 Å². The molecule has 14 heteroatoms. The largest absolute Gasteiger partial charge is 0.463 e. The van der Waals surface area contributed by atoms with Gasteiger partial charge in [-0.3, -0.25) is 28.9 Å². The Bertz CT molecular complexity index is 1130. The monoisotopic (exact) mass is 607 g/mol. The summed E-state index contributed by atoms with van der Waals surface area (Å²) < 4.78 is 16.4. The van der Waals surface area contributed by atoms with Crippen molar-refractivity contribution in [3.8, 4) is 5.75 Å². The van der Waals surface area contributed by atoms with Gasteiger partial charge >= 0.3 is 5.97 Å². The molecule has 0 saturated carbocycles. The minimum Gasteiger partial charge on any atom is -0.463 e. The van der Waals surface area contributed by atoms with Gasteiger partial charge in [0.2, 0.25) is 24.5 Å². The Balaban J connectivity index is 1.87. The summed E-state index contributed by atoms with van der Waals surface area (Å²) in [6.07, 6.45) is 0.597. The molecule has 0 aromatic heterocycles. The molecule has 4 unspecified atom stereocenters. The van der Waals surface area contributed by atoms with Crippen LogP contribution in [0.15, 0.2) is 30.4 Å². The molecule has 5 N–H and O–H groups in total. The van der Waals surface area contributed by atoms with Gasteiger partial charge in [0, 0.05) is 39.3 Å². The number of imide groups is 1. The van der Waals surface area contributed by atoms with Crippen molar-refractivity contribution in [3.05, 3.63) is 35.9 Å². The molecule has 0 bridgehead atoms. The number of ether oxygens (including phenoxy) is 3. The van der Waals surface area contributed by atoms with Crippen molar-refractivity contribution >= 4 is 35.8 Å². The number of aliphatic hydroxyl groups is 3. The van der Waals surface area contributed by atoms with Crippen molar-refractivity contribution in [3.63, 3.8) is 0 Å². The summed E-state index contributed by atoms with van der Waals surface area (Å²) >= 11 is 0. The number of nitrogens with one attached hydrogen (secondary N) is 2. The van der Waals surface area contributed by atoms with E-state index in [2.05, 4.69) is 10.6 Å². The van der Waals surface area contributed by atoms with Crippen LogP contribution >= 0.6 is 0 Å². The van der Waals surface area contributed by atoms with E-state index in [9.17, 15) is 39.3 Å². The molecule has 238 valence electrons. The van der Waals surface area contributed by atoms with Crippen LogP contribution in [0.1, 0.15) is 57.9 Å². The first-order valence-electron chi connectivity index (χ1n) is 14.1. The highest BCUT2D eigenvalue weighted by Gasteiger charge is 2.37. The van der Waals surface area contributed by atoms with E-state index in [0.29, 0.717) is 31.2 Å². The van der Waals surface area contributed by atoms with E-state index in [-0.39, 0.29) is 62.2 Å². The van der Waals surface area contributed by atoms with Crippen LogP contribution in [0.5, 0.6) is 5.75 Å². The molecule has 2 rings (SSSR count). The predicted octanol–water partition coefficient (Wildman–Crippen LogP) is 0.524. The topological polar surface area (TPSA) is 201 Å². The molecule has 1 aromatic rings. The molecule has 0 aliphatic carbocycles. The number of carbonyl (C=O) groups is 5. The molecule has 1 aliphatic heterocycles. The number of carbonyl (C=O) groups excluding carboxylic acids is 5. The molecule has 4 atom stereocenters. The van der Waals surface area contributed by atoms with Crippen molar-refractivity contribution in [2.75, 3.05) is 25.0 Å². The van der Waals surface area contributed by atoms with E-state index in [1.165, 1.54) is 19.1 Å². The number of anilines is 1. The molecule has 0 radical (unpaired) electrons. The molecule has 0 spiro atoms. The third-order valence-electron chi connectivity index (χ3n) is 6.43. The fraction of sp³-hybridized carbons (Fsp3) is 0.552. The zero-order valence-corrected chi connectivity index (χ0v) is 24.4. The second-order valence-electron chi connectivity index (χ2n) is 9.90. The minimum absolute atomic E-state index is 0.0504. The minimum atomic E-state index is -1.28. The number of unbranched alkanes of at least 4 members (excludes halogenated alkanes) is 2. The van der Waals surface area contributed by atoms with Gasteiger partial charge in [-0.05, 0) is 43.5 Å². The van der Waals surface area contributed by atoms with Gasteiger partial charge in [-0.2, -0.15) is 0 Å². The summed E-state index contributed by atoms with van der Waals surface area (Å²) in [5.41, 5.74) is 0.782. The Hall–Kier alpha value is -3.85. The molecule has 1 fully saturated rings. The quantitative estimate of drug-likeness (QED) is 0.0716. The van der Waals surface area contributed by atoms with Crippen LogP contribution in [0.25, 0.3) is 0 Å². The van der Waals surface area contributed by atoms with E-state index < -0.39 is 43.1 Å². The number of aliphatic hydroxyl groups excluding tert-OH is 3. The highest BCUT2D eigenvalue weighted by Crippen LogP contribution is 2.30. The summed E-state index contributed by atoms with van der Waals surface area (Å²) in [7, 11) is 0. The Kier molecular flexibility index (Phi) is 15.3. The predicted molar refractivity (Wildman–Crippen MR) is 152 cm³/mol. The van der Waals surface area contributed by atoms with Gasteiger partial charge in [-0.1, -0.05) is 18.6 Å². The van der Waals surface area contributed by atoms with E-state index in [1.807, 2.05) is 0 Å². The molecule has 4 amide bonds. The third kappa shape index (κ3) is 12.5. The van der Waals surface area contributed by atoms with Gasteiger partial charge in [0.1, 0.15) is 24.6 Å². The van der Waals surface area contributed by atoms with Crippen molar-refractivity contribution in [2.45, 2.75) is 83.6 Å². The van der Waals surface area contributed by atoms with Crippen LogP contribution in [0, 0.1) is 0 Å². The zero-order chi connectivity index (χ0) is 31.8. The van der Waals surface area contributed by atoms with Gasteiger partial charge in [0.25, 0.3) is 5.91 Å². The smallest absolute Gasteiger partial charge is 0.302 e. The lowest BCUT2D eigenvalue weighted by atomic mass is 10.0. The van der Waals surface area contributed by atoms with Crippen LogP contribution in [-0.4, -0.2) is 94.6 Å². The Morgan fingerprint density at radius 1 is 1.12 bits per heavy atom. The summed E-state index contributed by atoms with van der Waals surface area (Å²) in [4.78, 5) is 59.9. The molecule has 1 aromatic carbocycles. The average Bonchev–Trinajstić information content (AvgIpc) is 2.96. The highest BCUT2D eigenvalue weighted by atomic mass is 16.7. The normalized spacial score (nSPS) is 19.8. The molecule has 43 heavy (non-hydrogen) atoms. The lowest BCUT2D eigenvalue weighted by Gasteiger charge is -2.36. The summed E-state index contributed by atoms with van der Waals surface area (Å²) in [5, 5.41) is 34.9. The van der Waals surface area contributed by atoms with Crippen molar-refractivity contribution in [1.82, 2.24) is 10.2 Å². The molecular weight excluding hydrogens is 566 g/mol. The maximum Gasteiger partial charge on any atom is 0.302 e. The first kappa shape index (κ1) is 35.3. The van der Waals surface area contributed by atoms with Gasteiger partial charge in [0.05, 0.1) is 18.4 Å². The van der Waals surface area contributed by atoms with Crippen LogP contribution in [0.3, 0.4) is 0 Å². The second kappa shape index (κ2) is 18.6.